The van der Waals surface area contributed by atoms with Gasteiger partial charge >= 0.3 is 0 Å². The van der Waals surface area contributed by atoms with Crippen LogP contribution in [0.2, 0.25) is 0 Å². The van der Waals surface area contributed by atoms with E-state index in [-0.39, 0.29) is 11.8 Å². The van der Waals surface area contributed by atoms with Crippen molar-refractivity contribution in [3.05, 3.63) is 15.6 Å². The lowest BCUT2D eigenvalue weighted by Crippen LogP contribution is -2.45. The molecular formula is C12H17N3O2S. The molecule has 1 aliphatic heterocycles. The van der Waals surface area contributed by atoms with Crippen molar-refractivity contribution in [2.45, 2.75) is 39.2 Å². The van der Waals surface area contributed by atoms with Gasteiger partial charge in [-0.3, -0.25) is 9.59 Å². The summed E-state index contributed by atoms with van der Waals surface area (Å²) in [7, 11) is 0. The molecule has 18 heavy (non-hydrogen) atoms. The summed E-state index contributed by atoms with van der Waals surface area (Å²) < 4.78 is 0. The van der Waals surface area contributed by atoms with E-state index in [0.717, 1.165) is 22.7 Å². The van der Waals surface area contributed by atoms with Crippen molar-refractivity contribution in [2.75, 3.05) is 6.54 Å². The molecule has 2 rings (SSSR count). The van der Waals surface area contributed by atoms with Crippen LogP contribution in [0.25, 0.3) is 0 Å². The molecule has 0 aliphatic carbocycles. The Hall–Kier alpha value is -1.43. The fourth-order valence-electron chi connectivity index (χ4n) is 2.04. The monoisotopic (exact) mass is 267 g/mol. The van der Waals surface area contributed by atoms with E-state index in [1.807, 2.05) is 13.8 Å². The normalized spacial score (nSPS) is 20.1. The molecule has 0 radical (unpaired) electrons. The number of thiazole rings is 1. The summed E-state index contributed by atoms with van der Waals surface area (Å²) in [6, 6.07) is -0.429. The minimum Gasteiger partial charge on any atom is -0.354 e. The van der Waals surface area contributed by atoms with Gasteiger partial charge in [0.05, 0.1) is 5.01 Å². The second kappa shape index (κ2) is 5.48. The van der Waals surface area contributed by atoms with Crippen molar-refractivity contribution >= 4 is 23.2 Å². The number of hydrogen-bond donors (Lipinski definition) is 2. The van der Waals surface area contributed by atoms with E-state index >= 15 is 0 Å². The van der Waals surface area contributed by atoms with Crippen molar-refractivity contribution in [3.8, 4) is 0 Å². The molecular weight excluding hydrogens is 250 g/mol. The average Bonchev–Trinajstić information content (AvgIpc) is 2.52. The number of nitrogens with zero attached hydrogens (tertiary/aromatic N) is 1. The molecule has 0 unspecified atom stereocenters. The SMILES string of the molecule is Cc1nc(C(=O)N[C@H]2CCCCNC2=O)c(C)s1. The maximum atomic E-state index is 12.1. The smallest absolute Gasteiger partial charge is 0.271 e. The fraction of sp³-hybridized carbons (Fsp3) is 0.583. The van der Waals surface area contributed by atoms with Crippen molar-refractivity contribution in [1.29, 1.82) is 0 Å². The van der Waals surface area contributed by atoms with Gasteiger partial charge in [-0.15, -0.1) is 11.3 Å². The largest absolute Gasteiger partial charge is 0.354 e. The summed E-state index contributed by atoms with van der Waals surface area (Å²) in [6.45, 7) is 4.43. The van der Waals surface area contributed by atoms with Gasteiger partial charge in [-0.05, 0) is 33.1 Å². The van der Waals surface area contributed by atoms with Crippen molar-refractivity contribution in [3.63, 3.8) is 0 Å². The van der Waals surface area contributed by atoms with Crippen LogP contribution < -0.4 is 10.6 Å². The Morgan fingerprint density at radius 2 is 2.22 bits per heavy atom. The van der Waals surface area contributed by atoms with Crippen LogP contribution in [-0.4, -0.2) is 29.4 Å². The van der Waals surface area contributed by atoms with Crippen molar-refractivity contribution in [2.24, 2.45) is 0 Å². The lowest BCUT2D eigenvalue weighted by atomic mass is 10.1. The highest BCUT2D eigenvalue weighted by atomic mass is 32.1. The first-order valence-corrected chi connectivity index (χ1v) is 6.92. The highest BCUT2D eigenvalue weighted by Gasteiger charge is 2.24. The first kappa shape index (κ1) is 13.0. The van der Waals surface area contributed by atoms with E-state index in [2.05, 4.69) is 15.6 Å². The first-order chi connectivity index (χ1) is 8.58. The molecule has 0 spiro atoms. The molecule has 1 saturated heterocycles. The fourth-order valence-corrected chi connectivity index (χ4v) is 2.86. The molecule has 0 bridgehead atoms. The summed E-state index contributed by atoms with van der Waals surface area (Å²) in [6.07, 6.45) is 2.60. The molecule has 1 aromatic rings. The van der Waals surface area contributed by atoms with Gasteiger partial charge in [-0.25, -0.2) is 4.98 Å². The second-order valence-corrected chi connectivity index (χ2v) is 5.86. The molecule has 2 amide bonds. The van der Waals surface area contributed by atoms with Crippen LogP contribution in [0.3, 0.4) is 0 Å². The number of hydrogen-bond acceptors (Lipinski definition) is 4. The zero-order valence-electron chi connectivity index (χ0n) is 10.6. The van der Waals surface area contributed by atoms with Crippen LogP contribution in [0.4, 0.5) is 0 Å². The molecule has 98 valence electrons. The Bertz CT molecular complexity index is 470. The number of aryl methyl sites for hydroxylation is 2. The van der Waals surface area contributed by atoms with Gasteiger partial charge in [0.2, 0.25) is 5.91 Å². The van der Waals surface area contributed by atoms with Gasteiger partial charge in [0, 0.05) is 11.4 Å². The second-order valence-electron chi connectivity index (χ2n) is 4.45. The van der Waals surface area contributed by atoms with Gasteiger partial charge in [0.25, 0.3) is 5.91 Å². The molecule has 0 aromatic carbocycles. The Balaban J connectivity index is 2.06. The number of carbonyl (C=O) groups excluding carboxylic acids is 2. The van der Waals surface area contributed by atoms with Crippen LogP contribution in [0.15, 0.2) is 0 Å². The molecule has 1 aliphatic rings. The molecule has 1 aromatic heterocycles. The summed E-state index contributed by atoms with van der Waals surface area (Å²) in [5, 5.41) is 6.44. The Morgan fingerprint density at radius 1 is 1.44 bits per heavy atom. The number of amides is 2. The third-order valence-electron chi connectivity index (χ3n) is 2.96. The minimum absolute atomic E-state index is 0.0922. The number of rotatable bonds is 2. The summed E-state index contributed by atoms with van der Waals surface area (Å²) in [5.74, 6) is -0.343. The molecule has 2 N–H and O–H groups in total. The molecule has 2 heterocycles. The van der Waals surface area contributed by atoms with E-state index in [4.69, 9.17) is 0 Å². The number of nitrogens with one attached hydrogen (secondary N) is 2. The lowest BCUT2D eigenvalue weighted by molar-refractivity contribution is -0.122. The van der Waals surface area contributed by atoms with Crippen molar-refractivity contribution < 1.29 is 9.59 Å². The van der Waals surface area contributed by atoms with E-state index in [0.29, 0.717) is 18.7 Å². The highest BCUT2D eigenvalue weighted by molar-refractivity contribution is 7.11. The quantitative estimate of drug-likeness (QED) is 0.844. The lowest BCUT2D eigenvalue weighted by Gasteiger charge is -2.14. The number of aromatic nitrogens is 1. The minimum atomic E-state index is -0.429. The van der Waals surface area contributed by atoms with Gasteiger partial charge in [0.1, 0.15) is 11.7 Å². The Labute approximate surface area is 110 Å². The molecule has 6 heteroatoms. The first-order valence-electron chi connectivity index (χ1n) is 6.10. The van der Waals surface area contributed by atoms with E-state index < -0.39 is 6.04 Å². The predicted molar refractivity (Wildman–Crippen MR) is 69.7 cm³/mol. The maximum absolute atomic E-state index is 12.1. The topological polar surface area (TPSA) is 71.1 Å². The van der Waals surface area contributed by atoms with Gasteiger partial charge in [0.15, 0.2) is 0 Å². The van der Waals surface area contributed by atoms with Gasteiger partial charge in [-0.1, -0.05) is 0 Å². The van der Waals surface area contributed by atoms with E-state index in [1.165, 1.54) is 11.3 Å². The third-order valence-corrected chi connectivity index (χ3v) is 3.85. The summed E-state index contributed by atoms with van der Waals surface area (Å²) in [4.78, 5) is 28.9. The molecule has 1 fully saturated rings. The molecule has 5 nitrogen and oxygen atoms in total. The zero-order chi connectivity index (χ0) is 13.1. The molecule has 1 atom stereocenters. The zero-order valence-corrected chi connectivity index (χ0v) is 11.4. The maximum Gasteiger partial charge on any atom is 0.271 e. The van der Waals surface area contributed by atoms with E-state index in [1.54, 1.807) is 0 Å². The van der Waals surface area contributed by atoms with Crippen LogP contribution in [-0.2, 0) is 4.79 Å². The Kier molecular flexibility index (Phi) is 3.96. The van der Waals surface area contributed by atoms with Crippen LogP contribution in [0.5, 0.6) is 0 Å². The third kappa shape index (κ3) is 2.87. The Morgan fingerprint density at radius 3 is 2.89 bits per heavy atom. The standard InChI is InChI=1S/C12H17N3O2S/c1-7-10(14-8(2)18-7)12(17)15-9-5-3-4-6-13-11(9)16/h9H,3-6H2,1-2H3,(H,13,16)(H,15,17)/t9-/m0/s1. The van der Waals surface area contributed by atoms with E-state index in [9.17, 15) is 9.59 Å². The molecule has 0 saturated carbocycles. The summed E-state index contributed by atoms with van der Waals surface area (Å²) >= 11 is 1.49. The van der Waals surface area contributed by atoms with Crippen molar-refractivity contribution in [1.82, 2.24) is 15.6 Å². The van der Waals surface area contributed by atoms with Gasteiger partial charge in [-0.2, -0.15) is 0 Å². The van der Waals surface area contributed by atoms with Crippen LogP contribution >= 0.6 is 11.3 Å². The summed E-state index contributed by atoms with van der Waals surface area (Å²) in [5.41, 5.74) is 0.439. The van der Waals surface area contributed by atoms with Crippen LogP contribution in [0, 0.1) is 13.8 Å². The average molecular weight is 267 g/mol. The van der Waals surface area contributed by atoms with Crippen LogP contribution in [0.1, 0.15) is 39.6 Å². The van der Waals surface area contributed by atoms with Gasteiger partial charge < -0.3 is 10.6 Å². The predicted octanol–water partition coefficient (Wildman–Crippen LogP) is 1.16. The highest BCUT2D eigenvalue weighted by Crippen LogP contribution is 2.16. The number of carbonyl (C=O) groups is 2.